The number of rotatable bonds is 6. The third kappa shape index (κ3) is 5.25. The minimum absolute atomic E-state index is 0.104. The number of likely N-dealkylation sites (N-methyl/N-ethyl adjacent to an activating group) is 1. The second-order valence-electron chi connectivity index (χ2n) is 6.95. The Balaban J connectivity index is 1.52. The summed E-state index contributed by atoms with van der Waals surface area (Å²) in [6.07, 6.45) is 15.1. The third-order valence-electron chi connectivity index (χ3n) is 4.91. The lowest BCUT2D eigenvalue weighted by Crippen LogP contribution is -2.29. The SMILES string of the molecule is CN(CCc1ccncc1)C(=O)c1cnc(NC2CCCCCC2)cn1. The van der Waals surface area contributed by atoms with Crippen molar-refractivity contribution < 1.29 is 4.79 Å². The molecule has 0 spiro atoms. The van der Waals surface area contributed by atoms with Crippen LogP contribution in [0.4, 0.5) is 5.82 Å². The maximum absolute atomic E-state index is 12.5. The maximum atomic E-state index is 12.5. The molecule has 1 aliphatic rings. The Hall–Kier alpha value is -2.50. The molecular formula is C20H27N5O. The van der Waals surface area contributed by atoms with Crippen molar-refractivity contribution >= 4 is 11.7 Å². The number of amides is 1. The quantitative estimate of drug-likeness (QED) is 0.807. The van der Waals surface area contributed by atoms with Crippen LogP contribution in [-0.4, -0.2) is 45.4 Å². The van der Waals surface area contributed by atoms with Crippen LogP contribution in [0.3, 0.4) is 0 Å². The molecule has 0 atom stereocenters. The highest BCUT2D eigenvalue weighted by molar-refractivity contribution is 5.91. The predicted octanol–water partition coefficient (Wildman–Crippen LogP) is 3.32. The summed E-state index contributed by atoms with van der Waals surface area (Å²) in [5, 5.41) is 3.46. The fourth-order valence-electron chi connectivity index (χ4n) is 3.29. The van der Waals surface area contributed by atoms with Gasteiger partial charge in [-0.2, -0.15) is 0 Å². The third-order valence-corrected chi connectivity index (χ3v) is 4.91. The average Bonchev–Trinajstić information content (AvgIpc) is 2.95. The minimum atomic E-state index is -0.104. The molecule has 6 nitrogen and oxygen atoms in total. The van der Waals surface area contributed by atoms with Gasteiger partial charge in [-0.3, -0.25) is 9.78 Å². The van der Waals surface area contributed by atoms with E-state index in [1.165, 1.54) is 38.5 Å². The van der Waals surface area contributed by atoms with Gasteiger partial charge in [0.2, 0.25) is 0 Å². The fraction of sp³-hybridized carbons (Fsp3) is 0.500. The summed E-state index contributed by atoms with van der Waals surface area (Å²) in [6.45, 7) is 0.632. The topological polar surface area (TPSA) is 71.0 Å². The van der Waals surface area contributed by atoms with E-state index in [4.69, 9.17) is 0 Å². The van der Waals surface area contributed by atoms with Crippen LogP contribution in [0.25, 0.3) is 0 Å². The molecule has 0 saturated heterocycles. The lowest BCUT2D eigenvalue weighted by molar-refractivity contribution is 0.0790. The van der Waals surface area contributed by atoms with Gasteiger partial charge in [-0.05, 0) is 37.0 Å². The molecule has 1 amide bonds. The van der Waals surface area contributed by atoms with E-state index in [1.54, 1.807) is 36.7 Å². The van der Waals surface area contributed by atoms with E-state index >= 15 is 0 Å². The molecule has 1 aliphatic carbocycles. The van der Waals surface area contributed by atoms with E-state index in [2.05, 4.69) is 20.3 Å². The summed E-state index contributed by atoms with van der Waals surface area (Å²) in [5.74, 6) is 0.653. The van der Waals surface area contributed by atoms with E-state index < -0.39 is 0 Å². The molecule has 0 radical (unpaired) electrons. The molecule has 0 unspecified atom stereocenters. The highest BCUT2D eigenvalue weighted by Crippen LogP contribution is 2.20. The highest BCUT2D eigenvalue weighted by atomic mass is 16.2. The minimum Gasteiger partial charge on any atom is -0.366 e. The number of carbonyl (C=O) groups is 1. The normalized spacial score (nSPS) is 15.3. The summed E-state index contributed by atoms with van der Waals surface area (Å²) >= 11 is 0. The molecule has 6 heteroatoms. The van der Waals surface area contributed by atoms with E-state index in [0.29, 0.717) is 18.3 Å². The summed E-state index contributed by atoms with van der Waals surface area (Å²) < 4.78 is 0. The zero-order valence-electron chi connectivity index (χ0n) is 15.4. The smallest absolute Gasteiger partial charge is 0.273 e. The van der Waals surface area contributed by atoms with Crippen molar-refractivity contribution in [2.75, 3.05) is 18.9 Å². The lowest BCUT2D eigenvalue weighted by atomic mass is 10.1. The molecule has 0 aromatic carbocycles. The molecule has 3 rings (SSSR count). The molecule has 2 aromatic heterocycles. The van der Waals surface area contributed by atoms with Crippen LogP contribution < -0.4 is 5.32 Å². The van der Waals surface area contributed by atoms with Crippen molar-refractivity contribution in [2.45, 2.75) is 51.0 Å². The highest BCUT2D eigenvalue weighted by Gasteiger charge is 2.15. The molecule has 2 heterocycles. The van der Waals surface area contributed by atoms with Gasteiger partial charge >= 0.3 is 0 Å². The molecule has 0 bridgehead atoms. The van der Waals surface area contributed by atoms with Crippen molar-refractivity contribution in [2.24, 2.45) is 0 Å². The molecule has 1 N–H and O–H groups in total. The predicted molar refractivity (Wildman–Crippen MR) is 102 cm³/mol. The van der Waals surface area contributed by atoms with Crippen LogP contribution in [0.15, 0.2) is 36.9 Å². The molecule has 0 aliphatic heterocycles. The summed E-state index contributed by atoms with van der Waals surface area (Å²) in [6, 6.07) is 4.40. The Morgan fingerprint density at radius 3 is 2.50 bits per heavy atom. The largest absolute Gasteiger partial charge is 0.366 e. The first-order valence-corrected chi connectivity index (χ1v) is 9.45. The van der Waals surface area contributed by atoms with Crippen molar-refractivity contribution in [3.8, 4) is 0 Å². The average molecular weight is 353 g/mol. The Kier molecular flexibility index (Phi) is 6.52. The number of anilines is 1. The summed E-state index contributed by atoms with van der Waals surface area (Å²) in [7, 11) is 1.79. The Morgan fingerprint density at radius 2 is 1.85 bits per heavy atom. The van der Waals surface area contributed by atoms with Crippen LogP contribution in [0.1, 0.15) is 54.6 Å². The number of nitrogens with one attached hydrogen (secondary N) is 1. The van der Waals surface area contributed by atoms with Gasteiger partial charge in [-0.1, -0.05) is 25.7 Å². The Morgan fingerprint density at radius 1 is 1.12 bits per heavy atom. The van der Waals surface area contributed by atoms with Gasteiger partial charge in [0, 0.05) is 32.0 Å². The summed E-state index contributed by atoms with van der Waals surface area (Å²) in [4.78, 5) is 26.9. The van der Waals surface area contributed by atoms with Crippen LogP contribution in [-0.2, 0) is 6.42 Å². The summed E-state index contributed by atoms with van der Waals surface area (Å²) in [5.41, 5.74) is 1.54. The number of hydrogen-bond donors (Lipinski definition) is 1. The molecule has 2 aromatic rings. The van der Waals surface area contributed by atoms with Crippen molar-refractivity contribution in [3.63, 3.8) is 0 Å². The first-order valence-electron chi connectivity index (χ1n) is 9.45. The van der Waals surface area contributed by atoms with Gasteiger partial charge in [0.05, 0.1) is 12.4 Å². The molecule has 26 heavy (non-hydrogen) atoms. The number of aromatic nitrogens is 3. The second-order valence-corrected chi connectivity index (χ2v) is 6.95. The standard InChI is InChI=1S/C20H27N5O/c1-25(13-10-16-8-11-21-12-9-16)20(26)18-14-23-19(15-22-18)24-17-6-4-2-3-5-7-17/h8-9,11-12,14-15,17H,2-7,10,13H2,1H3,(H,23,24). The Bertz CT molecular complexity index is 681. The molecule has 138 valence electrons. The van der Waals surface area contributed by atoms with E-state index in [1.807, 2.05) is 12.1 Å². The van der Waals surface area contributed by atoms with Gasteiger partial charge in [-0.15, -0.1) is 0 Å². The molecule has 1 fully saturated rings. The van der Waals surface area contributed by atoms with E-state index in [0.717, 1.165) is 17.8 Å². The van der Waals surface area contributed by atoms with Crippen LogP contribution in [0, 0.1) is 0 Å². The lowest BCUT2D eigenvalue weighted by Gasteiger charge is -2.18. The van der Waals surface area contributed by atoms with Crippen molar-refractivity contribution in [1.29, 1.82) is 0 Å². The second kappa shape index (κ2) is 9.27. The zero-order valence-corrected chi connectivity index (χ0v) is 15.4. The van der Waals surface area contributed by atoms with Gasteiger partial charge in [0.15, 0.2) is 0 Å². The monoisotopic (exact) mass is 353 g/mol. The Labute approximate surface area is 155 Å². The number of carbonyl (C=O) groups excluding carboxylic acids is 1. The molecular weight excluding hydrogens is 326 g/mol. The van der Waals surface area contributed by atoms with Crippen LogP contribution in [0.2, 0.25) is 0 Å². The van der Waals surface area contributed by atoms with Gasteiger partial charge in [0.1, 0.15) is 11.5 Å². The fourth-order valence-corrected chi connectivity index (χ4v) is 3.29. The van der Waals surface area contributed by atoms with Crippen molar-refractivity contribution in [3.05, 3.63) is 48.2 Å². The molecule has 1 saturated carbocycles. The number of nitrogens with zero attached hydrogens (tertiary/aromatic N) is 4. The van der Waals surface area contributed by atoms with Gasteiger partial charge in [0.25, 0.3) is 5.91 Å². The van der Waals surface area contributed by atoms with Gasteiger partial charge in [-0.25, -0.2) is 9.97 Å². The zero-order chi connectivity index (χ0) is 18.2. The number of pyridine rings is 1. The number of hydrogen-bond acceptors (Lipinski definition) is 5. The van der Waals surface area contributed by atoms with Gasteiger partial charge < -0.3 is 10.2 Å². The van der Waals surface area contributed by atoms with E-state index in [9.17, 15) is 4.79 Å². The first kappa shape index (κ1) is 18.3. The van der Waals surface area contributed by atoms with Crippen LogP contribution >= 0.6 is 0 Å². The first-order chi connectivity index (χ1) is 12.7. The van der Waals surface area contributed by atoms with Crippen molar-refractivity contribution in [1.82, 2.24) is 19.9 Å². The van der Waals surface area contributed by atoms with E-state index in [-0.39, 0.29) is 5.91 Å². The maximum Gasteiger partial charge on any atom is 0.273 e. The van der Waals surface area contributed by atoms with Crippen LogP contribution in [0.5, 0.6) is 0 Å².